The third-order valence-corrected chi connectivity index (χ3v) is 0. The molecule has 0 N–H and O–H groups in total. The van der Waals surface area contributed by atoms with Crippen LogP contribution in [0, 0.1) is 0 Å². The largest absolute Gasteiger partial charge is 2.00 e. The Morgan fingerprint density at radius 1 is 0.308 bits per heavy atom. The van der Waals surface area contributed by atoms with Crippen LogP contribution in [0.25, 0.3) is 0 Å². The van der Waals surface area contributed by atoms with Crippen molar-refractivity contribution in [2.45, 2.75) is 0 Å². The number of phosphoric acid groups is 4. The van der Waals surface area contributed by atoms with Crippen LogP contribution in [0.2, 0.25) is 0 Å². The Hall–Kier alpha value is 7.45. The zero-order valence-electron chi connectivity index (χ0n) is 12.6. The maximum atomic E-state index is 8.55. The Bertz CT molecular complexity index is 305. The van der Waals surface area contributed by atoms with Crippen molar-refractivity contribution in [1.82, 2.24) is 0 Å². The van der Waals surface area contributed by atoms with Crippen LogP contribution in [0.5, 0.6) is 0 Å². The van der Waals surface area contributed by atoms with Crippen LogP contribution in [0.4, 0.5) is 0 Å². The first kappa shape index (κ1) is 64.1. The summed E-state index contributed by atoms with van der Waals surface area (Å²) in [6, 6.07) is 0. The van der Waals surface area contributed by atoms with Crippen LogP contribution in [-0.2, 0) is 18.3 Å². The van der Waals surface area contributed by atoms with E-state index in [1.54, 1.807) is 0 Å². The van der Waals surface area contributed by atoms with Gasteiger partial charge in [0.15, 0.2) is 0 Å². The average molecular weight is 865 g/mol. The minimum Gasteiger partial charge on any atom is -0.822 e. The molecule has 0 rings (SSSR count). The van der Waals surface area contributed by atoms with E-state index in [0.29, 0.717) is 0 Å². The second-order valence-electron chi connectivity index (χ2n) is 1.79. The molecule has 26 heavy (non-hydrogen) atoms. The maximum Gasteiger partial charge on any atom is 2.00 e. The van der Waals surface area contributed by atoms with Crippen LogP contribution in [0.1, 0.15) is 0 Å². The predicted molar refractivity (Wildman–Crippen MR) is 64.9 cm³/mol. The van der Waals surface area contributed by atoms with Gasteiger partial charge in [0.1, 0.15) is 0 Å². The quantitative estimate of drug-likeness (QED) is 0.161. The van der Waals surface area contributed by atoms with Crippen molar-refractivity contribution in [3.63, 3.8) is 0 Å². The molecule has 0 aromatic rings. The summed E-state index contributed by atoms with van der Waals surface area (Å²) in [5.74, 6) is 0. The molecule has 0 aromatic carbocycles. The minimum atomic E-state index is -5.39. The summed E-state index contributed by atoms with van der Waals surface area (Å²) in [4.78, 5) is 103. The van der Waals surface area contributed by atoms with Crippen molar-refractivity contribution in [2.24, 2.45) is 0 Å². The van der Waals surface area contributed by atoms with Crippen LogP contribution < -0.4 is 58.7 Å². The van der Waals surface area contributed by atoms with E-state index in [9.17, 15) is 0 Å². The van der Waals surface area contributed by atoms with Gasteiger partial charge in [-0.25, -0.2) is 0 Å². The Morgan fingerprint density at radius 3 is 0.308 bits per heavy atom. The number of rotatable bonds is 0. The molecule has 0 saturated carbocycles. The van der Waals surface area contributed by atoms with Gasteiger partial charge in [-0.3, -0.25) is 0 Å². The molecule has 0 heterocycles. The second-order valence-corrected chi connectivity index (χ2v) is 5.37. The van der Waals surface area contributed by atoms with Crippen LogP contribution >= 0.6 is 31.3 Å². The summed E-state index contributed by atoms with van der Waals surface area (Å²) in [7, 11) is -21.6. The van der Waals surface area contributed by atoms with Gasteiger partial charge in [-0.1, -0.05) is 0 Å². The predicted octanol–water partition coefficient (Wildman–Crippen LogP) is -13.6. The summed E-state index contributed by atoms with van der Waals surface area (Å²) in [6.45, 7) is 0. The van der Waals surface area contributed by atoms with Crippen molar-refractivity contribution in [3.8, 4) is 0 Å². The van der Waals surface area contributed by atoms with E-state index in [1.807, 2.05) is 0 Å². The molecule has 0 amide bonds. The van der Waals surface area contributed by atoms with E-state index in [0.717, 1.165) is 0 Å². The van der Waals surface area contributed by atoms with E-state index in [4.69, 9.17) is 77.0 Å². The van der Waals surface area contributed by atoms with Crippen LogP contribution in [-0.4, -0.2) is 216 Å². The molecule has 0 spiro atoms. The molecular formula is Ba3Mg3O16P4. The Morgan fingerprint density at radius 2 is 0.308 bits per heavy atom. The fourth-order valence-electron chi connectivity index (χ4n) is 0. The first-order valence-electron chi connectivity index (χ1n) is 2.92. The molecule has 0 bridgehead atoms. The molecule has 0 fully saturated rings. The van der Waals surface area contributed by atoms with Gasteiger partial charge < -0.3 is 77.0 Å². The molecule has 0 aromatic heterocycles. The van der Waals surface area contributed by atoms with Crippen LogP contribution in [0.3, 0.4) is 0 Å². The van der Waals surface area contributed by atoms with Gasteiger partial charge in [-0.15, -0.1) is 0 Å². The molecular weight excluding hydrogens is 865 g/mol. The average Bonchev–Trinajstić information content (AvgIpc) is 1.62. The third kappa shape index (κ3) is 525. The van der Waals surface area contributed by atoms with Crippen molar-refractivity contribution in [3.05, 3.63) is 0 Å². The van der Waals surface area contributed by atoms with Gasteiger partial charge in [-0.05, 0) is 0 Å². The minimum absolute atomic E-state index is 0. The summed E-state index contributed by atoms with van der Waals surface area (Å²) in [6.07, 6.45) is 0. The molecule has 0 aliphatic carbocycles. The molecule has 16 nitrogen and oxygen atoms in total. The molecule has 26 heteroatoms. The molecule has 0 aliphatic heterocycles. The van der Waals surface area contributed by atoms with Gasteiger partial charge in [0.25, 0.3) is 0 Å². The smallest absolute Gasteiger partial charge is 0.822 e. The Kier molecular flexibility index (Phi) is 80.0. The molecule has 128 valence electrons. The molecule has 0 radical (unpaired) electrons. The van der Waals surface area contributed by atoms with Gasteiger partial charge >= 0.3 is 216 Å². The van der Waals surface area contributed by atoms with Gasteiger partial charge in [0.2, 0.25) is 0 Å². The van der Waals surface area contributed by atoms with E-state index >= 15 is 0 Å². The third-order valence-electron chi connectivity index (χ3n) is 0. The fourth-order valence-corrected chi connectivity index (χ4v) is 0. The summed E-state index contributed by atoms with van der Waals surface area (Å²) < 4.78 is 34.2. The second kappa shape index (κ2) is 32.5. The van der Waals surface area contributed by atoms with Gasteiger partial charge in [0, 0.05) is 0 Å². The maximum absolute atomic E-state index is 8.55. The van der Waals surface area contributed by atoms with Crippen molar-refractivity contribution < 1.29 is 77.0 Å². The summed E-state index contributed by atoms with van der Waals surface area (Å²) in [5.41, 5.74) is 0. The molecule has 0 aliphatic rings. The van der Waals surface area contributed by atoms with Crippen LogP contribution in [0.15, 0.2) is 0 Å². The monoisotopic (exact) mass is 865 g/mol. The van der Waals surface area contributed by atoms with Gasteiger partial charge in [0.05, 0.1) is 0 Å². The Balaban J connectivity index is -0.0000000152. The molecule has 0 unspecified atom stereocenters. The van der Waals surface area contributed by atoms with Crippen molar-refractivity contribution >= 4 is 247 Å². The fraction of sp³-hybridized carbons (Fsp3) is 0. The zero-order valence-corrected chi connectivity index (χ0v) is 33.7. The molecule has 0 atom stereocenters. The zero-order chi connectivity index (χ0) is 18.0. The van der Waals surface area contributed by atoms with E-state index in [-0.39, 0.29) is 216 Å². The molecule has 0 saturated heterocycles. The van der Waals surface area contributed by atoms with Gasteiger partial charge in [-0.2, -0.15) is 31.3 Å². The van der Waals surface area contributed by atoms with E-state index in [1.165, 1.54) is 0 Å². The summed E-state index contributed by atoms with van der Waals surface area (Å²) >= 11 is 0. The first-order valence-corrected chi connectivity index (χ1v) is 8.76. The topological polar surface area (TPSA) is 345 Å². The normalized spacial score (nSPS) is 9.08. The standard InChI is InChI=1S/3Ba.3Mg.4H3O4P/c;;;;;;4*1-5(2,3)4/h;;;;;;4*(H3,1,2,3,4)/q6*+2;;;;/p-12. The van der Waals surface area contributed by atoms with Crippen molar-refractivity contribution in [2.75, 3.05) is 0 Å². The summed E-state index contributed by atoms with van der Waals surface area (Å²) in [5, 5.41) is 0. The SMILES string of the molecule is O=P([O-])([O-])[O-].O=P([O-])([O-])[O-].O=P([O-])([O-])[O-].O=P([O-])([O-])[O-].[Ba+2].[Ba+2].[Ba+2].[Mg+2].[Mg+2].[Mg+2]. The van der Waals surface area contributed by atoms with Crippen molar-refractivity contribution in [1.29, 1.82) is 0 Å². The number of hydrogen-bond donors (Lipinski definition) is 0. The van der Waals surface area contributed by atoms with E-state index < -0.39 is 31.3 Å². The first-order chi connectivity index (χ1) is 8.00. The van der Waals surface area contributed by atoms with E-state index in [2.05, 4.69) is 0 Å². The Labute approximate surface area is 316 Å². The number of hydrogen-bond acceptors (Lipinski definition) is 16.